The topological polar surface area (TPSA) is 70.2 Å². The van der Waals surface area contributed by atoms with E-state index in [0.717, 1.165) is 19.4 Å². The molecule has 20 heavy (non-hydrogen) atoms. The van der Waals surface area contributed by atoms with Crippen molar-refractivity contribution >= 4 is 11.9 Å². The maximum atomic E-state index is 11.9. The Kier molecular flexibility index (Phi) is 6.93. The van der Waals surface area contributed by atoms with Gasteiger partial charge in [-0.05, 0) is 40.4 Å². The lowest BCUT2D eigenvalue weighted by atomic mass is 10.3. The van der Waals surface area contributed by atoms with Gasteiger partial charge in [0, 0.05) is 25.0 Å². The summed E-state index contributed by atoms with van der Waals surface area (Å²) in [4.78, 5) is 22.2. The minimum absolute atomic E-state index is 0.126. The molecule has 1 amide bonds. The van der Waals surface area contributed by atoms with Crippen molar-refractivity contribution in [3.05, 3.63) is 18.0 Å². The van der Waals surface area contributed by atoms with Crippen LogP contribution in [0.4, 0.5) is 5.95 Å². The van der Waals surface area contributed by atoms with E-state index in [1.807, 2.05) is 14.1 Å². The van der Waals surface area contributed by atoms with Crippen LogP contribution in [0.2, 0.25) is 0 Å². The third-order valence-corrected chi connectivity index (χ3v) is 2.97. The van der Waals surface area contributed by atoms with Gasteiger partial charge in [0.1, 0.15) is 0 Å². The summed E-state index contributed by atoms with van der Waals surface area (Å²) >= 11 is 0. The Morgan fingerprint density at radius 1 is 1.35 bits per heavy atom. The molecule has 1 heterocycles. The minimum atomic E-state index is -0.126. The third-order valence-electron chi connectivity index (χ3n) is 2.97. The number of rotatable bonds is 8. The van der Waals surface area contributed by atoms with Crippen molar-refractivity contribution in [1.82, 2.24) is 20.2 Å². The number of anilines is 1. The van der Waals surface area contributed by atoms with E-state index in [-0.39, 0.29) is 5.91 Å². The second kappa shape index (κ2) is 8.47. The number of hydrogen-bond acceptors (Lipinski definition) is 5. The fourth-order valence-corrected chi connectivity index (χ4v) is 1.54. The van der Waals surface area contributed by atoms with Crippen LogP contribution in [0.15, 0.2) is 12.4 Å². The van der Waals surface area contributed by atoms with Gasteiger partial charge in [0.15, 0.2) is 0 Å². The van der Waals surface area contributed by atoms with Crippen LogP contribution in [0.3, 0.4) is 0 Å². The lowest BCUT2D eigenvalue weighted by molar-refractivity contribution is 0.0951. The predicted molar refractivity (Wildman–Crippen MR) is 80.9 cm³/mol. The molecular formula is C14H25N5O. The van der Waals surface area contributed by atoms with E-state index < -0.39 is 0 Å². The Morgan fingerprint density at radius 3 is 2.55 bits per heavy atom. The smallest absolute Gasteiger partial charge is 0.254 e. The molecule has 6 heteroatoms. The maximum absolute atomic E-state index is 11.9. The quantitative estimate of drug-likeness (QED) is 0.703. The van der Waals surface area contributed by atoms with Crippen LogP contribution in [0, 0.1) is 0 Å². The number of carbonyl (C=O) groups is 1. The second-order valence-electron chi connectivity index (χ2n) is 5.16. The zero-order valence-corrected chi connectivity index (χ0v) is 12.8. The molecule has 0 spiro atoms. The first-order valence-corrected chi connectivity index (χ1v) is 7.04. The van der Waals surface area contributed by atoms with E-state index >= 15 is 0 Å². The number of amides is 1. The molecule has 0 saturated carbocycles. The SMILES string of the molecule is CCC(C)Nc1ncc(C(=O)NCCCN(C)C)cn1. The Morgan fingerprint density at radius 2 is 2.00 bits per heavy atom. The number of nitrogens with zero attached hydrogens (tertiary/aromatic N) is 3. The summed E-state index contributed by atoms with van der Waals surface area (Å²) in [6.45, 7) is 5.76. The number of aromatic nitrogens is 2. The van der Waals surface area contributed by atoms with Crippen molar-refractivity contribution in [2.24, 2.45) is 0 Å². The highest BCUT2D eigenvalue weighted by atomic mass is 16.1. The largest absolute Gasteiger partial charge is 0.352 e. The van der Waals surface area contributed by atoms with Gasteiger partial charge in [0.2, 0.25) is 5.95 Å². The van der Waals surface area contributed by atoms with Gasteiger partial charge in [-0.2, -0.15) is 0 Å². The lowest BCUT2D eigenvalue weighted by Crippen LogP contribution is -2.27. The van der Waals surface area contributed by atoms with E-state index in [1.165, 1.54) is 0 Å². The third kappa shape index (κ3) is 5.97. The highest BCUT2D eigenvalue weighted by Crippen LogP contribution is 2.03. The molecule has 0 aliphatic rings. The molecule has 0 saturated heterocycles. The molecule has 1 unspecified atom stereocenters. The number of hydrogen-bond donors (Lipinski definition) is 2. The Bertz CT molecular complexity index is 405. The average Bonchev–Trinajstić information content (AvgIpc) is 2.43. The van der Waals surface area contributed by atoms with Crippen LogP contribution in [0.5, 0.6) is 0 Å². The van der Waals surface area contributed by atoms with Gasteiger partial charge >= 0.3 is 0 Å². The normalized spacial score (nSPS) is 12.2. The highest BCUT2D eigenvalue weighted by Gasteiger charge is 2.07. The van der Waals surface area contributed by atoms with E-state index in [2.05, 4.69) is 39.3 Å². The van der Waals surface area contributed by atoms with Crippen molar-refractivity contribution < 1.29 is 4.79 Å². The summed E-state index contributed by atoms with van der Waals surface area (Å²) in [5, 5.41) is 6.02. The van der Waals surface area contributed by atoms with Crippen LogP contribution in [0.1, 0.15) is 37.0 Å². The molecule has 1 aromatic heterocycles. The lowest BCUT2D eigenvalue weighted by Gasteiger charge is -2.11. The highest BCUT2D eigenvalue weighted by molar-refractivity contribution is 5.93. The molecule has 1 atom stereocenters. The summed E-state index contributed by atoms with van der Waals surface area (Å²) < 4.78 is 0. The van der Waals surface area contributed by atoms with Gasteiger partial charge in [0.25, 0.3) is 5.91 Å². The first kappa shape index (κ1) is 16.4. The van der Waals surface area contributed by atoms with Gasteiger partial charge in [-0.25, -0.2) is 9.97 Å². The van der Waals surface area contributed by atoms with E-state index in [1.54, 1.807) is 12.4 Å². The number of nitrogens with one attached hydrogen (secondary N) is 2. The summed E-state index contributed by atoms with van der Waals surface area (Å²) in [6, 6.07) is 0.320. The fourth-order valence-electron chi connectivity index (χ4n) is 1.54. The predicted octanol–water partition coefficient (Wildman–Crippen LogP) is 1.37. The van der Waals surface area contributed by atoms with Crippen molar-refractivity contribution in [2.75, 3.05) is 32.5 Å². The Balaban J connectivity index is 2.41. The summed E-state index contributed by atoms with van der Waals surface area (Å²) in [6.07, 6.45) is 5.03. The molecule has 0 bridgehead atoms. The zero-order chi connectivity index (χ0) is 15.0. The Labute approximate surface area is 121 Å². The minimum Gasteiger partial charge on any atom is -0.352 e. The van der Waals surface area contributed by atoms with Gasteiger partial charge in [-0.3, -0.25) is 4.79 Å². The van der Waals surface area contributed by atoms with Crippen LogP contribution < -0.4 is 10.6 Å². The van der Waals surface area contributed by atoms with Crippen molar-refractivity contribution in [3.8, 4) is 0 Å². The molecule has 0 aliphatic heterocycles. The van der Waals surface area contributed by atoms with Crippen molar-refractivity contribution in [1.29, 1.82) is 0 Å². The van der Waals surface area contributed by atoms with Gasteiger partial charge < -0.3 is 15.5 Å². The van der Waals surface area contributed by atoms with Crippen LogP contribution in [0.25, 0.3) is 0 Å². The molecule has 2 N–H and O–H groups in total. The van der Waals surface area contributed by atoms with Crippen LogP contribution in [-0.4, -0.2) is 54.0 Å². The van der Waals surface area contributed by atoms with Crippen molar-refractivity contribution in [3.63, 3.8) is 0 Å². The number of carbonyl (C=O) groups excluding carboxylic acids is 1. The standard InChI is InChI=1S/C14H25N5O/c1-5-11(2)18-14-16-9-12(10-17-14)13(20)15-7-6-8-19(3)4/h9-11H,5-8H2,1-4H3,(H,15,20)(H,16,17,18). The van der Waals surface area contributed by atoms with Gasteiger partial charge in [0.05, 0.1) is 5.56 Å². The van der Waals surface area contributed by atoms with Crippen LogP contribution in [-0.2, 0) is 0 Å². The van der Waals surface area contributed by atoms with Crippen LogP contribution >= 0.6 is 0 Å². The van der Waals surface area contributed by atoms with E-state index in [4.69, 9.17) is 0 Å². The average molecular weight is 279 g/mol. The molecule has 112 valence electrons. The first-order valence-electron chi connectivity index (χ1n) is 7.04. The summed E-state index contributed by atoms with van der Waals surface area (Å²) in [7, 11) is 4.03. The van der Waals surface area contributed by atoms with E-state index in [9.17, 15) is 4.79 Å². The molecule has 1 aromatic rings. The first-order chi connectivity index (χ1) is 9.52. The van der Waals surface area contributed by atoms with E-state index in [0.29, 0.717) is 24.1 Å². The van der Waals surface area contributed by atoms with Crippen molar-refractivity contribution in [2.45, 2.75) is 32.7 Å². The van der Waals surface area contributed by atoms with Gasteiger partial charge in [-0.1, -0.05) is 6.92 Å². The zero-order valence-electron chi connectivity index (χ0n) is 12.8. The molecule has 0 aromatic carbocycles. The molecule has 1 rings (SSSR count). The molecule has 6 nitrogen and oxygen atoms in total. The van der Waals surface area contributed by atoms with Gasteiger partial charge in [-0.15, -0.1) is 0 Å². The maximum Gasteiger partial charge on any atom is 0.254 e. The monoisotopic (exact) mass is 279 g/mol. The summed E-state index contributed by atoms with van der Waals surface area (Å²) in [5.74, 6) is 0.433. The molecular weight excluding hydrogens is 254 g/mol. The molecule has 0 aliphatic carbocycles. The molecule has 0 fully saturated rings. The summed E-state index contributed by atoms with van der Waals surface area (Å²) in [5.41, 5.74) is 0.490. The fraction of sp³-hybridized carbons (Fsp3) is 0.643. The molecule has 0 radical (unpaired) electrons. The Hall–Kier alpha value is -1.69. The second-order valence-corrected chi connectivity index (χ2v) is 5.16.